The summed E-state index contributed by atoms with van der Waals surface area (Å²) in [6.45, 7) is 7.42. The van der Waals surface area contributed by atoms with Gasteiger partial charge in [0, 0.05) is 46.5 Å². The number of hydrogen-bond donors (Lipinski definition) is 2. The summed E-state index contributed by atoms with van der Waals surface area (Å²) < 4.78 is 12.2. The van der Waals surface area contributed by atoms with E-state index in [2.05, 4.69) is 96.1 Å². The third-order valence-corrected chi connectivity index (χ3v) is 9.15. The van der Waals surface area contributed by atoms with Crippen LogP contribution in [-0.4, -0.2) is 28.1 Å². The summed E-state index contributed by atoms with van der Waals surface area (Å²) in [6, 6.07) is 17.5. The van der Waals surface area contributed by atoms with Gasteiger partial charge in [0.2, 0.25) is 0 Å². The molecule has 8 rings (SSSR count). The predicted octanol–water partition coefficient (Wildman–Crippen LogP) is 5.61. The highest BCUT2D eigenvalue weighted by atomic mass is 16.5. The van der Waals surface area contributed by atoms with Gasteiger partial charge >= 0.3 is 0 Å². The Morgan fingerprint density at radius 1 is 1.03 bits per heavy atom. The molecule has 5 heterocycles. The van der Waals surface area contributed by atoms with Gasteiger partial charge in [-0.2, -0.15) is 0 Å². The van der Waals surface area contributed by atoms with E-state index in [1.165, 1.54) is 21.8 Å². The van der Waals surface area contributed by atoms with E-state index in [4.69, 9.17) is 4.74 Å². The highest BCUT2D eigenvalue weighted by Crippen LogP contribution is 2.55. The predicted molar refractivity (Wildman–Crippen MR) is 143 cm³/mol. The molecule has 6 nitrogen and oxygen atoms in total. The molecule has 3 aromatic carbocycles. The van der Waals surface area contributed by atoms with Crippen molar-refractivity contribution >= 4 is 49.5 Å². The van der Waals surface area contributed by atoms with Crippen LogP contribution in [-0.2, 0) is 17.0 Å². The summed E-state index contributed by atoms with van der Waals surface area (Å²) in [5.74, 6) is 0.745. The fraction of sp³-hybridized carbons (Fsp3) is 0.367. The van der Waals surface area contributed by atoms with Gasteiger partial charge in [-0.05, 0) is 37.6 Å². The van der Waals surface area contributed by atoms with E-state index in [0.717, 1.165) is 39.4 Å². The van der Waals surface area contributed by atoms with Crippen LogP contribution in [0.4, 0.5) is 0 Å². The number of para-hydroxylation sites is 2. The molecule has 6 heteroatoms. The van der Waals surface area contributed by atoms with Gasteiger partial charge in [-0.1, -0.05) is 50.2 Å². The van der Waals surface area contributed by atoms with Crippen LogP contribution in [0, 0.1) is 11.8 Å². The van der Waals surface area contributed by atoms with Crippen LogP contribution in [0.3, 0.4) is 0 Å². The Morgan fingerprint density at radius 3 is 2.44 bits per heavy atom. The number of nitrogens with zero attached hydrogens (tertiary/aromatic N) is 2. The van der Waals surface area contributed by atoms with Crippen LogP contribution in [0.15, 0.2) is 48.5 Å². The molecule has 2 aromatic heterocycles. The topological polar surface area (TPSA) is 60.2 Å². The maximum atomic E-state index is 13.4. The van der Waals surface area contributed by atoms with Crippen molar-refractivity contribution in [2.75, 3.05) is 7.05 Å². The first-order valence-electron chi connectivity index (χ1n) is 13.1. The normalized spacial score (nSPS) is 27.0. The van der Waals surface area contributed by atoms with Gasteiger partial charge < -0.3 is 24.5 Å². The zero-order valence-corrected chi connectivity index (χ0v) is 21.1. The minimum absolute atomic E-state index is 0.0260. The lowest BCUT2D eigenvalue weighted by Gasteiger charge is -2.49. The fourth-order valence-electron chi connectivity index (χ4n) is 7.82. The number of nitrogens with one attached hydrogen (secondary N) is 2. The molecule has 1 saturated heterocycles. The van der Waals surface area contributed by atoms with Crippen LogP contribution in [0.5, 0.6) is 0 Å². The number of amides is 1. The Balaban J connectivity index is 1.71. The van der Waals surface area contributed by atoms with Crippen LogP contribution in [0.25, 0.3) is 43.6 Å². The summed E-state index contributed by atoms with van der Waals surface area (Å²) in [7, 11) is 2.08. The molecule has 182 valence electrons. The van der Waals surface area contributed by atoms with Crippen molar-refractivity contribution in [3.05, 3.63) is 59.7 Å². The Kier molecular flexibility index (Phi) is 3.87. The number of rotatable bonds is 2. The largest absolute Gasteiger partial charge is 0.348 e. The maximum absolute atomic E-state index is 13.4. The molecule has 0 radical (unpaired) electrons. The molecule has 3 aliphatic heterocycles. The summed E-state index contributed by atoms with van der Waals surface area (Å²) in [5, 5.41) is 11.4. The second kappa shape index (κ2) is 6.69. The van der Waals surface area contributed by atoms with E-state index < -0.39 is 5.72 Å². The van der Waals surface area contributed by atoms with Crippen molar-refractivity contribution in [1.82, 2.24) is 19.8 Å². The van der Waals surface area contributed by atoms with Crippen molar-refractivity contribution in [2.24, 2.45) is 11.8 Å². The van der Waals surface area contributed by atoms with Gasteiger partial charge in [-0.15, -0.1) is 0 Å². The third kappa shape index (κ3) is 2.24. The van der Waals surface area contributed by atoms with Crippen molar-refractivity contribution in [1.29, 1.82) is 0 Å². The van der Waals surface area contributed by atoms with Crippen LogP contribution in [0.2, 0.25) is 0 Å². The van der Waals surface area contributed by atoms with Gasteiger partial charge in [0.05, 0.1) is 27.6 Å². The number of aromatic nitrogens is 2. The summed E-state index contributed by atoms with van der Waals surface area (Å²) in [4.78, 5) is 13.4. The highest BCUT2D eigenvalue weighted by Gasteiger charge is 2.51. The molecule has 36 heavy (non-hydrogen) atoms. The molecular formula is C30H30N4O2. The van der Waals surface area contributed by atoms with Crippen LogP contribution >= 0.6 is 0 Å². The van der Waals surface area contributed by atoms with Crippen molar-refractivity contribution in [2.45, 2.75) is 51.7 Å². The SMILES string of the molecule is CNC1CC2(C)OC(C1C(C)C)n1c3ccccc3c3c4c(c5c6ccccc6n2c5c31)C(=O)NC4. The van der Waals surface area contributed by atoms with E-state index in [0.29, 0.717) is 18.4 Å². The lowest BCUT2D eigenvalue weighted by molar-refractivity contribution is -0.226. The summed E-state index contributed by atoms with van der Waals surface area (Å²) in [5.41, 5.74) is 6.02. The molecular weight excluding hydrogens is 448 g/mol. The van der Waals surface area contributed by atoms with Crippen molar-refractivity contribution in [3.8, 4) is 0 Å². The first-order valence-corrected chi connectivity index (χ1v) is 13.1. The Hall–Kier alpha value is -3.35. The van der Waals surface area contributed by atoms with Gasteiger partial charge in [-0.3, -0.25) is 4.79 Å². The number of hydrogen-bond acceptors (Lipinski definition) is 3. The highest BCUT2D eigenvalue weighted by molar-refractivity contribution is 6.31. The van der Waals surface area contributed by atoms with E-state index in [1.807, 2.05) is 0 Å². The lowest BCUT2D eigenvalue weighted by atomic mass is 9.80. The average molecular weight is 479 g/mol. The monoisotopic (exact) mass is 478 g/mol. The first kappa shape index (κ1) is 20.8. The molecule has 2 N–H and O–H groups in total. The number of benzene rings is 3. The second-order valence-corrected chi connectivity index (χ2v) is 11.3. The van der Waals surface area contributed by atoms with E-state index >= 15 is 0 Å². The summed E-state index contributed by atoms with van der Waals surface area (Å²) >= 11 is 0. The molecule has 1 amide bonds. The molecule has 1 fully saturated rings. The maximum Gasteiger partial charge on any atom is 0.252 e. The van der Waals surface area contributed by atoms with Crippen molar-refractivity contribution < 1.29 is 9.53 Å². The second-order valence-electron chi connectivity index (χ2n) is 11.3. The Morgan fingerprint density at radius 2 is 1.72 bits per heavy atom. The molecule has 4 unspecified atom stereocenters. The first-order chi connectivity index (χ1) is 17.4. The number of carbonyl (C=O) groups excluding carboxylic acids is 1. The summed E-state index contributed by atoms with van der Waals surface area (Å²) in [6.07, 6.45) is 0.720. The number of fused-ring (bicyclic) bond motifs is 13. The van der Waals surface area contributed by atoms with E-state index in [1.54, 1.807) is 0 Å². The smallest absolute Gasteiger partial charge is 0.252 e. The standard InChI is InChI=1S/C30H30N4O2/c1-15(2)22-19(31-4)13-30(3)34-21-12-8-6-10-17(21)24-25-18(14-32-28(25)35)23-16-9-5-7-11-20(16)33(29(22)36-30)26(23)27(24)34/h5-12,15,19,22,29,31H,13-14H2,1-4H3,(H,32,35). The van der Waals surface area contributed by atoms with Gasteiger partial charge in [0.15, 0.2) is 0 Å². The number of ether oxygens (including phenoxy) is 1. The van der Waals surface area contributed by atoms with Gasteiger partial charge in [0.25, 0.3) is 5.91 Å². The molecule has 3 aliphatic rings. The van der Waals surface area contributed by atoms with Gasteiger partial charge in [-0.25, -0.2) is 0 Å². The zero-order valence-electron chi connectivity index (χ0n) is 21.1. The van der Waals surface area contributed by atoms with Crippen LogP contribution in [0.1, 0.15) is 49.3 Å². The molecule has 2 bridgehead atoms. The Labute approximate surface area is 209 Å². The van der Waals surface area contributed by atoms with E-state index in [9.17, 15) is 4.79 Å². The lowest BCUT2D eigenvalue weighted by Crippen LogP contribution is -2.54. The zero-order chi connectivity index (χ0) is 24.5. The third-order valence-electron chi connectivity index (χ3n) is 9.15. The quantitative estimate of drug-likeness (QED) is 0.347. The minimum atomic E-state index is -0.568. The van der Waals surface area contributed by atoms with E-state index in [-0.39, 0.29) is 18.2 Å². The molecule has 0 aliphatic carbocycles. The molecule has 5 aromatic rings. The number of carbonyl (C=O) groups is 1. The fourth-order valence-corrected chi connectivity index (χ4v) is 7.82. The van der Waals surface area contributed by atoms with Gasteiger partial charge in [0.1, 0.15) is 12.0 Å². The Bertz CT molecular complexity index is 1780. The average Bonchev–Trinajstić information content (AvgIpc) is 3.51. The molecule has 0 saturated carbocycles. The minimum Gasteiger partial charge on any atom is -0.348 e. The van der Waals surface area contributed by atoms with Crippen molar-refractivity contribution in [3.63, 3.8) is 0 Å². The van der Waals surface area contributed by atoms with Crippen LogP contribution < -0.4 is 10.6 Å². The molecule has 0 spiro atoms. The molecule has 4 atom stereocenters.